The molecule has 1 aromatic heterocycles. The van der Waals surface area contributed by atoms with Crippen molar-refractivity contribution < 1.29 is 9.53 Å². The third-order valence-corrected chi connectivity index (χ3v) is 6.41. The van der Waals surface area contributed by atoms with Crippen LogP contribution in [-0.4, -0.2) is 39.7 Å². The predicted octanol–water partition coefficient (Wildman–Crippen LogP) is 5.48. The smallest absolute Gasteiger partial charge is 0.250 e. The molecule has 0 saturated carbocycles. The molecule has 36 heavy (non-hydrogen) atoms. The summed E-state index contributed by atoms with van der Waals surface area (Å²) in [5.74, 6) is 1.35. The Labute approximate surface area is 215 Å². The Morgan fingerprint density at radius 3 is 2.47 bits per heavy atom. The Balaban J connectivity index is 1.50. The van der Waals surface area contributed by atoms with E-state index in [1.807, 2.05) is 59.2 Å². The van der Waals surface area contributed by atoms with Crippen LogP contribution in [0.2, 0.25) is 0 Å². The average Bonchev–Trinajstić information content (AvgIpc) is 3.32. The Hall–Kier alpha value is -3.91. The Bertz CT molecular complexity index is 1340. The van der Waals surface area contributed by atoms with Gasteiger partial charge in [-0.1, -0.05) is 87.1 Å². The molecule has 0 radical (unpaired) electrons. The Kier molecular flexibility index (Phi) is 7.85. The van der Waals surface area contributed by atoms with Gasteiger partial charge in [0.15, 0.2) is 11.0 Å². The van der Waals surface area contributed by atoms with E-state index >= 15 is 0 Å². The van der Waals surface area contributed by atoms with Gasteiger partial charge in [-0.15, -0.1) is 10.2 Å². The molecule has 4 rings (SSSR count). The number of para-hydroxylation sites is 1. The van der Waals surface area contributed by atoms with E-state index in [0.717, 1.165) is 28.4 Å². The van der Waals surface area contributed by atoms with Crippen molar-refractivity contribution in [3.8, 4) is 22.8 Å². The van der Waals surface area contributed by atoms with E-state index in [1.54, 1.807) is 13.3 Å². The molecular weight excluding hydrogens is 470 g/mol. The molecule has 1 N–H and O–H groups in total. The Morgan fingerprint density at radius 2 is 1.78 bits per heavy atom. The highest BCUT2D eigenvalue weighted by Gasteiger charge is 2.19. The van der Waals surface area contributed by atoms with Crippen LogP contribution < -0.4 is 10.2 Å². The third-order valence-electron chi connectivity index (χ3n) is 5.49. The number of hydrogen-bond acceptors (Lipinski definition) is 6. The quantitative estimate of drug-likeness (QED) is 0.197. The Morgan fingerprint density at radius 1 is 1.03 bits per heavy atom. The molecule has 0 unspecified atom stereocenters. The lowest BCUT2D eigenvalue weighted by Crippen LogP contribution is -2.20. The van der Waals surface area contributed by atoms with Crippen molar-refractivity contribution >= 4 is 23.9 Å². The number of methoxy groups -OCH3 is 1. The largest absolute Gasteiger partial charge is 0.497 e. The monoisotopic (exact) mass is 499 g/mol. The van der Waals surface area contributed by atoms with E-state index in [2.05, 4.69) is 65.8 Å². The van der Waals surface area contributed by atoms with Crippen molar-refractivity contribution in [3.63, 3.8) is 0 Å². The molecule has 0 saturated heterocycles. The fraction of sp³-hybridized carbons (Fsp3) is 0.214. The number of hydrazone groups is 1. The fourth-order valence-electron chi connectivity index (χ4n) is 3.54. The second-order valence-corrected chi connectivity index (χ2v) is 10.1. The minimum absolute atomic E-state index is 0.0646. The fourth-order valence-corrected chi connectivity index (χ4v) is 4.29. The molecule has 0 aliphatic rings. The van der Waals surface area contributed by atoms with Gasteiger partial charge >= 0.3 is 0 Å². The predicted molar refractivity (Wildman–Crippen MR) is 145 cm³/mol. The molecule has 0 spiro atoms. The van der Waals surface area contributed by atoms with Crippen molar-refractivity contribution in [2.24, 2.45) is 5.10 Å². The lowest BCUT2D eigenvalue weighted by molar-refractivity contribution is -0.118. The third kappa shape index (κ3) is 6.20. The summed E-state index contributed by atoms with van der Waals surface area (Å²) in [6, 6.07) is 25.7. The number of hydrogen-bond donors (Lipinski definition) is 1. The summed E-state index contributed by atoms with van der Waals surface area (Å²) in [5, 5.41) is 13.6. The maximum absolute atomic E-state index is 12.5. The van der Waals surface area contributed by atoms with Gasteiger partial charge in [0.05, 0.1) is 19.1 Å². The van der Waals surface area contributed by atoms with Crippen LogP contribution in [0.3, 0.4) is 0 Å². The molecule has 184 valence electrons. The highest BCUT2D eigenvalue weighted by Crippen LogP contribution is 2.30. The van der Waals surface area contributed by atoms with Crippen molar-refractivity contribution in [2.75, 3.05) is 12.9 Å². The molecule has 7 nitrogen and oxygen atoms in total. The van der Waals surface area contributed by atoms with Gasteiger partial charge in [-0.05, 0) is 40.8 Å². The van der Waals surface area contributed by atoms with Gasteiger partial charge in [-0.25, -0.2) is 5.43 Å². The molecule has 1 amide bonds. The van der Waals surface area contributed by atoms with Crippen molar-refractivity contribution in [1.29, 1.82) is 0 Å². The maximum Gasteiger partial charge on any atom is 0.250 e. The van der Waals surface area contributed by atoms with Gasteiger partial charge in [0.2, 0.25) is 0 Å². The summed E-state index contributed by atoms with van der Waals surface area (Å²) in [6.45, 7) is 6.57. The van der Waals surface area contributed by atoms with Crippen LogP contribution in [0.4, 0.5) is 0 Å². The SMILES string of the molecule is COc1cccc(C=NNC(=O)CSc2nnc(-c3ccc(C(C)(C)C)cc3)n2-c2ccccc2)c1. The topological polar surface area (TPSA) is 81.4 Å². The van der Waals surface area contributed by atoms with Crippen LogP contribution in [0.5, 0.6) is 5.75 Å². The van der Waals surface area contributed by atoms with Crippen LogP contribution in [-0.2, 0) is 10.2 Å². The summed E-state index contributed by atoms with van der Waals surface area (Å²) in [5.41, 5.74) is 6.59. The zero-order valence-corrected chi connectivity index (χ0v) is 21.6. The van der Waals surface area contributed by atoms with Crippen molar-refractivity contribution in [3.05, 3.63) is 90.0 Å². The van der Waals surface area contributed by atoms with E-state index in [1.165, 1.54) is 17.3 Å². The first-order valence-electron chi connectivity index (χ1n) is 11.6. The number of rotatable bonds is 8. The summed E-state index contributed by atoms with van der Waals surface area (Å²) in [4.78, 5) is 12.5. The molecule has 1 heterocycles. The lowest BCUT2D eigenvalue weighted by Gasteiger charge is -2.19. The van der Waals surface area contributed by atoms with E-state index in [4.69, 9.17) is 4.74 Å². The number of ether oxygens (including phenoxy) is 1. The van der Waals surface area contributed by atoms with Crippen LogP contribution >= 0.6 is 11.8 Å². The lowest BCUT2D eigenvalue weighted by atomic mass is 9.87. The number of thioether (sulfide) groups is 1. The number of nitrogens with one attached hydrogen (secondary N) is 1. The summed E-state index contributed by atoms with van der Waals surface area (Å²) < 4.78 is 7.18. The minimum atomic E-state index is -0.238. The van der Waals surface area contributed by atoms with Crippen LogP contribution in [0.1, 0.15) is 31.9 Å². The molecule has 0 aliphatic heterocycles. The number of amides is 1. The normalized spacial score (nSPS) is 11.6. The molecule has 3 aromatic carbocycles. The second-order valence-electron chi connectivity index (χ2n) is 9.16. The number of benzene rings is 3. The van der Waals surface area contributed by atoms with Crippen LogP contribution in [0.25, 0.3) is 17.1 Å². The molecular formula is C28H29N5O2S. The highest BCUT2D eigenvalue weighted by molar-refractivity contribution is 7.99. The van der Waals surface area contributed by atoms with Gasteiger partial charge in [0.25, 0.3) is 5.91 Å². The van der Waals surface area contributed by atoms with Gasteiger partial charge in [0.1, 0.15) is 5.75 Å². The summed E-state index contributed by atoms with van der Waals surface area (Å²) in [7, 11) is 1.61. The van der Waals surface area contributed by atoms with E-state index in [9.17, 15) is 4.79 Å². The number of nitrogens with zero attached hydrogens (tertiary/aromatic N) is 4. The van der Waals surface area contributed by atoms with Gasteiger partial charge in [0, 0.05) is 11.3 Å². The van der Waals surface area contributed by atoms with Crippen LogP contribution in [0.15, 0.2) is 89.1 Å². The molecule has 0 atom stereocenters. The zero-order valence-electron chi connectivity index (χ0n) is 20.8. The second kappa shape index (κ2) is 11.2. The molecule has 4 aromatic rings. The number of carbonyl (C=O) groups is 1. The average molecular weight is 500 g/mol. The molecule has 8 heteroatoms. The van der Waals surface area contributed by atoms with Gasteiger partial charge in [-0.2, -0.15) is 5.10 Å². The summed E-state index contributed by atoms with van der Waals surface area (Å²) >= 11 is 1.31. The first-order valence-corrected chi connectivity index (χ1v) is 12.5. The summed E-state index contributed by atoms with van der Waals surface area (Å²) in [6.07, 6.45) is 1.58. The molecule has 0 fully saturated rings. The van der Waals surface area contributed by atoms with E-state index in [0.29, 0.717) is 5.16 Å². The minimum Gasteiger partial charge on any atom is -0.497 e. The van der Waals surface area contributed by atoms with Crippen molar-refractivity contribution in [1.82, 2.24) is 20.2 Å². The first-order chi connectivity index (χ1) is 17.3. The standard InChI is InChI=1S/C28H29N5O2S/c1-28(2,3)22-15-13-21(14-16-22)26-31-32-27(33(26)23-10-6-5-7-11-23)36-19-25(34)30-29-18-20-9-8-12-24(17-20)35-4/h5-18H,19H2,1-4H3,(H,30,34). The highest BCUT2D eigenvalue weighted by atomic mass is 32.2. The maximum atomic E-state index is 12.5. The van der Waals surface area contributed by atoms with Gasteiger partial charge in [-0.3, -0.25) is 9.36 Å². The van der Waals surface area contributed by atoms with Crippen molar-refractivity contribution in [2.45, 2.75) is 31.3 Å². The first kappa shape index (κ1) is 25.2. The number of aromatic nitrogens is 3. The van der Waals surface area contributed by atoms with E-state index in [-0.39, 0.29) is 17.1 Å². The number of carbonyl (C=O) groups excluding carboxylic acids is 1. The zero-order chi connectivity index (χ0) is 25.5. The molecule has 0 bridgehead atoms. The van der Waals surface area contributed by atoms with Gasteiger partial charge < -0.3 is 4.74 Å². The van der Waals surface area contributed by atoms with Crippen LogP contribution in [0, 0.1) is 0 Å². The molecule has 0 aliphatic carbocycles. The van der Waals surface area contributed by atoms with E-state index < -0.39 is 0 Å².